The van der Waals surface area contributed by atoms with Crippen LogP contribution in [0.4, 0.5) is 0 Å². The Morgan fingerprint density at radius 3 is 1.71 bits per heavy atom. The summed E-state index contributed by atoms with van der Waals surface area (Å²) in [6.07, 6.45) is -0.167. The van der Waals surface area contributed by atoms with E-state index in [-0.39, 0.29) is 27.8 Å². The van der Waals surface area contributed by atoms with Crippen molar-refractivity contribution in [2.45, 2.75) is 20.0 Å². The Kier molecular flexibility index (Phi) is 15.0. The quantitative estimate of drug-likeness (QED) is 0.518. The number of aliphatic hydroxyl groups is 1. The first kappa shape index (κ1) is 20.3. The third-order valence-electron chi connectivity index (χ3n) is 0.322. The zero-order valence-corrected chi connectivity index (χ0v) is 11.3. The fraction of sp³-hybridized carbons (Fsp3) is 1.00. The molecule has 1 unspecified atom stereocenters. The van der Waals surface area contributed by atoms with Gasteiger partial charge in [-0.15, -0.1) is 4.52 Å². The number of rotatable bonds is 3. The van der Waals surface area contributed by atoms with E-state index in [2.05, 4.69) is 8.83 Å². The van der Waals surface area contributed by atoms with Crippen LogP contribution in [0.2, 0.25) is 0 Å². The molecule has 0 aromatic rings. The zero-order chi connectivity index (χ0) is 11.1. The summed E-state index contributed by atoms with van der Waals surface area (Å²) in [7, 11) is -6.32. The Labute approximate surface area is 97.9 Å². The minimum atomic E-state index is -4.65. The monoisotopic (exact) mass is 283 g/mol. The summed E-state index contributed by atoms with van der Waals surface area (Å²) in [4.78, 5) is 15.9. The predicted molar refractivity (Wildman–Crippen MR) is 45.1 cm³/mol. The minimum absolute atomic E-state index is 0. The van der Waals surface area contributed by atoms with E-state index in [1.54, 1.807) is 13.8 Å². The first-order chi connectivity index (χ1) is 5.69. The van der Waals surface area contributed by atoms with Crippen LogP contribution in [0.25, 0.3) is 0 Å². The van der Waals surface area contributed by atoms with Crippen LogP contribution in [0.5, 0.6) is 0 Å². The minimum Gasteiger partial charge on any atom is -0.394 e. The molecule has 0 rings (SSSR count). The van der Waals surface area contributed by atoms with Gasteiger partial charge >= 0.3 is 16.1 Å². The molecule has 0 aromatic carbocycles. The fourth-order valence-electron chi connectivity index (χ4n) is 0.120. The van der Waals surface area contributed by atoms with Gasteiger partial charge in [0.05, 0.1) is 7.11 Å². The van der Waals surface area contributed by atoms with Crippen LogP contribution < -0.4 is 0 Å². The van der Waals surface area contributed by atoms with Gasteiger partial charge in [0.1, 0.15) is 0 Å². The average Bonchev–Trinajstić information content (AvgIpc) is 1.82. The Balaban J connectivity index is -0.000000209. The van der Waals surface area contributed by atoms with Crippen LogP contribution in [0, 0.1) is 0 Å². The van der Waals surface area contributed by atoms with Crippen molar-refractivity contribution in [2.75, 3.05) is 7.11 Å². The van der Waals surface area contributed by atoms with Crippen LogP contribution in [0.15, 0.2) is 0 Å². The summed E-state index contributed by atoms with van der Waals surface area (Å²) >= 11 is 0. The Morgan fingerprint density at radius 2 is 1.64 bits per heavy atom. The maximum absolute atomic E-state index is 10.0. The fourth-order valence-corrected chi connectivity index (χ4v) is 1.08. The van der Waals surface area contributed by atoms with Crippen molar-refractivity contribution in [3.8, 4) is 0 Å². The molecule has 0 saturated heterocycles. The van der Waals surface area contributed by atoms with Crippen LogP contribution in [-0.4, -0.2) is 28.1 Å². The normalized spacial score (nSPS) is 11.2. The Morgan fingerprint density at radius 1 is 1.36 bits per heavy atom. The maximum Gasteiger partial charge on any atom is 0.708 e. The first-order valence-corrected chi connectivity index (χ1v) is 5.76. The maximum atomic E-state index is 10.0. The Hall–Kier alpha value is 0.844. The largest absolute Gasteiger partial charge is 0.708 e. The van der Waals surface area contributed by atoms with Gasteiger partial charge in [-0.05, 0) is 18.2 Å². The number of hydrogen-bond acceptors (Lipinski definition) is 5. The molecule has 14 heavy (non-hydrogen) atoms. The van der Waals surface area contributed by atoms with E-state index >= 15 is 0 Å². The molecular formula is C4H13O7P2Ti+. The zero-order valence-electron chi connectivity index (χ0n) is 7.95. The van der Waals surface area contributed by atoms with Gasteiger partial charge in [0.2, 0.25) is 0 Å². The molecular weight excluding hydrogens is 270 g/mol. The second-order valence-electron chi connectivity index (χ2n) is 2.07. The summed E-state index contributed by atoms with van der Waals surface area (Å²) in [5, 5.41) is 8.06. The van der Waals surface area contributed by atoms with Gasteiger partial charge in [0.15, 0.2) is 0 Å². The molecule has 0 fully saturated rings. The summed E-state index contributed by atoms with van der Waals surface area (Å²) in [6, 6.07) is 0. The van der Waals surface area contributed by atoms with Gasteiger partial charge < -0.3 is 14.9 Å². The smallest absolute Gasteiger partial charge is 0.394 e. The summed E-state index contributed by atoms with van der Waals surface area (Å²) in [5.74, 6) is 0. The standard InChI is InChI=1S/C3H8O.CH4O6P2.Ti/c1-3(2)4;1-6-8(2)7-9(3,4)5;/h3-4H,1-2H3;1H3,(H-,3,4,5);/p+1. The van der Waals surface area contributed by atoms with Crippen molar-refractivity contribution < 1.29 is 54.6 Å². The summed E-state index contributed by atoms with van der Waals surface area (Å²) < 4.78 is 27.3. The van der Waals surface area contributed by atoms with Gasteiger partial charge in [-0.2, -0.15) is 0 Å². The molecule has 10 heteroatoms. The van der Waals surface area contributed by atoms with E-state index < -0.39 is 16.1 Å². The summed E-state index contributed by atoms with van der Waals surface area (Å²) in [5.41, 5.74) is 0. The molecule has 84 valence electrons. The van der Waals surface area contributed by atoms with Gasteiger partial charge in [0.25, 0.3) is 0 Å². The van der Waals surface area contributed by atoms with Crippen molar-refractivity contribution in [1.29, 1.82) is 0 Å². The van der Waals surface area contributed by atoms with E-state index in [4.69, 9.17) is 14.9 Å². The first-order valence-electron chi connectivity index (χ1n) is 3.13. The van der Waals surface area contributed by atoms with Crippen molar-refractivity contribution in [3.05, 3.63) is 0 Å². The summed E-state index contributed by atoms with van der Waals surface area (Å²) in [6.45, 7) is 3.44. The van der Waals surface area contributed by atoms with Gasteiger partial charge in [-0.1, -0.05) is 0 Å². The average molecular weight is 283 g/mol. The van der Waals surface area contributed by atoms with Crippen LogP contribution in [0.3, 0.4) is 0 Å². The van der Waals surface area contributed by atoms with Crippen molar-refractivity contribution in [3.63, 3.8) is 0 Å². The predicted octanol–water partition coefficient (Wildman–Crippen LogP) is 0.784. The second kappa shape index (κ2) is 10.4. The van der Waals surface area contributed by atoms with Crippen molar-refractivity contribution in [2.24, 2.45) is 0 Å². The van der Waals surface area contributed by atoms with E-state index in [9.17, 15) is 9.13 Å². The van der Waals surface area contributed by atoms with E-state index in [0.717, 1.165) is 7.11 Å². The molecule has 0 aliphatic carbocycles. The molecule has 0 spiro atoms. The molecule has 0 aliphatic heterocycles. The Bertz CT molecular complexity index is 187. The van der Waals surface area contributed by atoms with E-state index in [1.807, 2.05) is 0 Å². The number of aliphatic hydroxyl groups excluding tert-OH is 1. The SMILES string of the molecule is CC(C)O.CO[P+](=O)OP(=O)(O)O.[Ti]. The topological polar surface area (TPSA) is 113 Å². The number of hydrogen-bond donors (Lipinski definition) is 3. The van der Waals surface area contributed by atoms with Crippen LogP contribution in [-0.2, 0) is 39.7 Å². The molecule has 0 radical (unpaired) electrons. The molecule has 7 nitrogen and oxygen atoms in total. The van der Waals surface area contributed by atoms with Crippen LogP contribution >= 0.6 is 16.1 Å². The molecule has 0 aromatic heterocycles. The van der Waals surface area contributed by atoms with Gasteiger partial charge in [0, 0.05) is 32.4 Å². The third-order valence-corrected chi connectivity index (χ3v) is 2.00. The van der Waals surface area contributed by atoms with Gasteiger partial charge in [-0.3, -0.25) is 0 Å². The molecule has 0 aliphatic rings. The van der Waals surface area contributed by atoms with Crippen LogP contribution in [0.1, 0.15) is 13.8 Å². The van der Waals surface area contributed by atoms with Crippen molar-refractivity contribution >= 4 is 16.1 Å². The molecule has 0 bridgehead atoms. The number of phosphoric acid groups is 1. The van der Waals surface area contributed by atoms with E-state index in [0.29, 0.717) is 0 Å². The molecule has 0 heterocycles. The second-order valence-corrected chi connectivity index (χ2v) is 4.52. The van der Waals surface area contributed by atoms with Crippen molar-refractivity contribution in [1.82, 2.24) is 0 Å². The molecule has 3 N–H and O–H groups in total. The molecule has 0 saturated carbocycles. The third kappa shape index (κ3) is 29.3. The van der Waals surface area contributed by atoms with E-state index in [1.165, 1.54) is 0 Å². The molecule has 0 amide bonds. The molecule has 1 atom stereocenters. The van der Waals surface area contributed by atoms with Gasteiger partial charge in [-0.25, -0.2) is 4.57 Å².